The molecule has 1 aromatic rings. The predicted molar refractivity (Wildman–Crippen MR) is 138 cm³/mol. The first kappa shape index (κ1) is 28.3. The highest BCUT2D eigenvalue weighted by molar-refractivity contribution is 7.90. The molecule has 1 aromatic carbocycles. The Morgan fingerprint density at radius 1 is 1.22 bits per heavy atom. The van der Waals surface area contributed by atoms with Gasteiger partial charge in [-0.2, -0.15) is 5.10 Å². The number of likely N-dealkylation sites (tertiary alicyclic amines) is 1. The Hall–Kier alpha value is -3.32. The van der Waals surface area contributed by atoms with Gasteiger partial charge in [-0.25, -0.2) is 13.1 Å². The van der Waals surface area contributed by atoms with Crippen LogP contribution in [0.2, 0.25) is 0 Å². The van der Waals surface area contributed by atoms with Crippen LogP contribution in [0.25, 0.3) is 0 Å². The number of nitrogens with one attached hydrogen (secondary N) is 2. The molecule has 0 spiro atoms. The molecule has 2 atom stereocenters. The molecule has 37 heavy (non-hydrogen) atoms. The second kappa shape index (κ2) is 11.4. The second-order valence-electron chi connectivity index (χ2n) is 9.41. The van der Waals surface area contributed by atoms with Crippen molar-refractivity contribution in [3.05, 3.63) is 23.8 Å². The quantitative estimate of drug-likeness (QED) is 0.377. The van der Waals surface area contributed by atoms with Crippen molar-refractivity contribution in [3.8, 4) is 5.75 Å². The maximum Gasteiger partial charge on any atom is 0.267 e. The van der Waals surface area contributed by atoms with E-state index in [-0.39, 0.29) is 28.5 Å². The topological polar surface area (TPSA) is 173 Å². The monoisotopic (exact) mass is 534 g/mol. The van der Waals surface area contributed by atoms with Gasteiger partial charge in [0.15, 0.2) is 5.71 Å². The fourth-order valence-electron chi connectivity index (χ4n) is 4.32. The fourth-order valence-corrected chi connectivity index (χ4v) is 5.39. The zero-order valence-electron chi connectivity index (χ0n) is 21.5. The number of nitrogens with two attached hydrogens (primary N) is 1. The molecule has 0 aliphatic carbocycles. The third kappa shape index (κ3) is 6.16. The van der Waals surface area contributed by atoms with Crippen molar-refractivity contribution in [1.29, 1.82) is 0 Å². The smallest absolute Gasteiger partial charge is 0.267 e. The summed E-state index contributed by atoms with van der Waals surface area (Å²) < 4.78 is 33.9. The maximum atomic E-state index is 13.5. The molecule has 1 fully saturated rings. The van der Waals surface area contributed by atoms with E-state index in [0.717, 1.165) is 6.07 Å². The Labute approximate surface area is 216 Å². The molecule has 2 heterocycles. The summed E-state index contributed by atoms with van der Waals surface area (Å²) in [5.74, 6) is -2.44. The van der Waals surface area contributed by atoms with Crippen molar-refractivity contribution in [2.24, 2.45) is 21.9 Å². The zero-order valence-corrected chi connectivity index (χ0v) is 22.4. The van der Waals surface area contributed by atoms with Crippen LogP contribution < -0.4 is 20.5 Å². The Morgan fingerprint density at radius 3 is 2.54 bits per heavy atom. The molecular weight excluding hydrogens is 500 g/mol. The van der Waals surface area contributed by atoms with Gasteiger partial charge in [0.1, 0.15) is 11.3 Å². The number of nitrogens with zero attached hydrogens (tertiary/aromatic N) is 3. The van der Waals surface area contributed by atoms with E-state index in [4.69, 9.17) is 10.5 Å². The summed E-state index contributed by atoms with van der Waals surface area (Å²) in [7, 11) is -2.41. The van der Waals surface area contributed by atoms with Crippen LogP contribution in [-0.2, 0) is 19.6 Å². The molecule has 0 aromatic heterocycles. The molecule has 1 saturated heterocycles. The first-order chi connectivity index (χ1) is 17.4. The summed E-state index contributed by atoms with van der Waals surface area (Å²) in [6.45, 7) is 6.81. The molecule has 4 N–H and O–H groups in total. The lowest BCUT2D eigenvalue weighted by atomic mass is 9.87. The number of ether oxygens (including phenoxy) is 1. The molecular formula is C24H34N6O6S. The van der Waals surface area contributed by atoms with Crippen molar-refractivity contribution in [2.45, 2.75) is 56.9 Å². The minimum atomic E-state index is -4.27. The van der Waals surface area contributed by atoms with Crippen molar-refractivity contribution in [2.75, 3.05) is 26.7 Å². The third-order valence-corrected chi connectivity index (χ3v) is 7.71. The van der Waals surface area contributed by atoms with E-state index in [1.165, 1.54) is 12.1 Å². The molecule has 3 rings (SSSR count). The summed E-state index contributed by atoms with van der Waals surface area (Å²) in [6, 6.07) is 3.79. The number of hydrogen-bond acceptors (Lipinski definition) is 9. The van der Waals surface area contributed by atoms with Gasteiger partial charge in [-0.1, -0.05) is 20.3 Å². The summed E-state index contributed by atoms with van der Waals surface area (Å²) in [6.07, 6.45) is 2.34. The van der Waals surface area contributed by atoms with Crippen molar-refractivity contribution < 1.29 is 27.5 Å². The summed E-state index contributed by atoms with van der Waals surface area (Å²) >= 11 is 0. The zero-order chi connectivity index (χ0) is 27.4. The van der Waals surface area contributed by atoms with Gasteiger partial charge in [0.25, 0.3) is 21.8 Å². The third-order valence-electron chi connectivity index (χ3n) is 6.37. The average Bonchev–Trinajstić information content (AvgIpc) is 3.41. The van der Waals surface area contributed by atoms with Gasteiger partial charge in [0.2, 0.25) is 5.91 Å². The molecule has 2 aliphatic heterocycles. The molecule has 202 valence electrons. The molecule has 3 amide bonds. The van der Waals surface area contributed by atoms with Gasteiger partial charge in [-0.15, -0.1) is 5.10 Å². The van der Waals surface area contributed by atoms with Gasteiger partial charge in [0, 0.05) is 6.54 Å². The van der Waals surface area contributed by atoms with Crippen LogP contribution in [0.3, 0.4) is 0 Å². The van der Waals surface area contributed by atoms with E-state index in [9.17, 15) is 22.8 Å². The van der Waals surface area contributed by atoms with Crippen LogP contribution in [-0.4, -0.2) is 74.7 Å². The standard InChI is InChI=1S/C24H34N6O6S/c1-5-7-19-24(3,20(21(25)31)28-27-19)26-23(33)17-13-16(8-9-18(17)36-12-6-2)37(34,35)29-22(32)15-10-11-30(4)14-15/h8-9,13,15H,5-7,10-12,14H2,1-4H3,(H2,25,31)(H,26,33)(H,29,32). The Bertz CT molecular complexity index is 1240. The van der Waals surface area contributed by atoms with Gasteiger partial charge < -0.3 is 20.7 Å². The van der Waals surface area contributed by atoms with Crippen LogP contribution in [0.4, 0.5) is 0 Å². The number of benzene rings is 1. The van der Waals surface area contributed by atoms with Crippen LogP contribution in [0, 0.1) is 5.92 Å². The number of hydrogen-bond donors (Lipinski definition) is 3. The lowest BCUT2D eigenvalue weighted by molar-refractivity contribution is -0.122. The molecule has 12 nitrogen and oxygen atoms in total. The lowest BCUT2D eigenvalue weighted by Crippen LogP contribution is -2.59. The number of primary amides is 1. The van der Waals surface area contributed by atoms with Crippen LogP contribution >= 0.6 is 0 Å². The highest BCUT2D eigenvalue weighted by atomic mass is 32.2. The van der Waals surface area contributed by atoms with Gasteiger partial charge in [-0.05, 0) is 58.0 Å². The van der Waals surface area contributed by atoms with Gasteiger partial charge >= 0.3 is 0 Å². The van der Waals surface area contributed by atoms with E-state index >= 15 is 0 Å². The summed E-state index contributed by atoms with van der Waals surface area (Å²) in [4.78, 5) is 39.8. The number of rotatable bonds is 11. The van der Waals surface area contributed by atoms with Crippen molar-refractivity contribution in [3.63, 3.8) is 0 Å². The molecule has 13 heteroatoms. The molecule has 0 saturated carbocycles. The summed E-state index contributed by atoms with van der Waals surface area (Å²) in [5, 5.41) is 10.7. The maximum absolute atomic E-state index is 13.5. The minimum absolute atomic E-state index is 0.0860. The number of carbonyl (C=O) groups is 3. The van der Waals surface area contributed by atoms with E-state index in [0.29, 0.717) is 44.5 Å². The van der Waals surface area contributed by atoms with E-state index in [2.05, 4.69) is 20.2 Å². The fraction of sp³-hybridized carbons (Fsp3) is 0.542. The molecule has 2 aliphatic rings. The average molecular weight is 535 g/mol. The van der Waals surface area contributed by atoms with Crippen LogP contribution in [0.5, 0.6) is 5.75 Å². The first-order valence-electron chi connectivity index (χ1n) is 12.2. The highest BCUT2D eigenvalue weighted by Crippen LogP contribution is 2.27. The highest BCUT2D eigenvalue weighted by Gasteiger charge is 2.44. The van der Waals surface area contributed by atoms with E-state index in [1.54, 1.807) is 6.92 Å². The normalized spacial score (nSPS) is 21.8. The van der Waals surface area contributed by atoms with Gasteiger partial charge in [0.05, 0.1) is 28.7 Å². The van der Waals surface area contributed by atoms with Crippen molar-refractivity contribution in [1.82, 2.24) is 14.9 Å². The largest absolute Gasteiger partial charge is 0.493 e. The summed E-state index contributed by atoms with van der Waals surface area (Å²) in [5.41, 5.74) is 4.35. The molecule has 0 radical (unpaired) electrons. The molecule has 0 bridgehead atoms. The lowest BCUT2D eigenvalue weighted by Gasteiger charge is -2.28. The van der Waals surface area contributed by atoms with E-state index < -0.39 is 39.2 Å². The number of amides is 3. The van der Waals surface area contributed by atoms with Crippen LogP contribution in [0.1, 0.15) is 56.8 Å². The number of carbonyl (C=O) groups excluding carboxylic acids is 3. The second-order valence-corrected chi connectivity index (χ2v) is 11.1. The molecule has 2 unspecified atom stereocenters. The Balaban J connectivity index is 1.93. The Morgan fingerprint density at radius 2 is 1.95 bits per heavy atom. The first-order valence-corrected chi connectivity index (χ1v) is 13.7. The minimum Gasteiger partial charge on any atom is -0.493 e. The number of sulfonamides is 1. The Kier molecular flexibility index (Phi) is 8.69. The van der Waals surface area contributed by atoms with E-state index in [1.807, 2.05) is 25.8 Å². The SMILES string of the molecule is CCCOc1ccc(S(=O)(=O)NC(=O)C2CCN(C)C2)cc1C(=O)NC1(C)C(CCC)=NN=C1C(N)=O. The predicted octanol–water partition coefficient (Wildman–Crippen LogP) is 0.817. The van der Waals surface area contributed by atoms with Crippen LogP contribution in [0.15, 0.2) is 33.3 Å². The van der Waals surface area contributed by atoms with Crippen molar-refractivity contribution >= 4 is 39.2 Å². The van der Waals surface area contributed by atoms with Gasteiger partial charge in [-0.3, -0.25) is 14.4 Å².